The highest BCUT2D eigenvalue weighted by molar-refractivity contribution is 6.31. The van der Waals surface area contributed by atoms with Gasteiger partial charge in [-0.05, 0) is 11.3 Å². The molecule has 5 nitrogen and oxygen atoms in total. The third kappa shape index (κ3) is 2.59. The minimum Gasteiger partial charge on any atom is -0.388 e. The lowest BCUT2D eigenvalue weighted by molar-refractivity contribution is 0.175. The summed E-state index contributed by atoms with van der Waals surface area (Å²) in [6, 6.07) is 4.29. The summed E-state index contributed by atoms with van der Waals surface area (Å²) in [6.45, 7) is 0. The highest BCUT2D eigenvalue weighted by Crippen LogP contribution is 2.26. The van der Waals surface area contributed by atoms with Crippen molar-refractivity contribution in [3.8, 4) is 0 Å². The van der Waals surface area contributed by atoms with E-state index in [1.807, 2.05) is 0 Å². The quantitative estimate of drug-likeness (QED) is 0.899. The van der Waals surface area contributed by atoms with Gasteiger partial charge in [0.2, 0.25) is 0 Å². The Morgan fingerprint density at radius 3 is 2.94 bits per heavy atom. The van der Waals surface area contributed by atoms with Gasteiger partial charge in [0.15, 0.2) is 5.82 Å². The van der Waals surface area contributed by atoms with E-state index < -0.39 is 11.9 Å². The molecule has 1 heterocycles. The first-order valence-corrected chi connectivity index (χ1v) is 5.30. The van der Waals surface area contributed by atoms with Gasteiger partial charge in [-0.2, -0.15) is 4.80 Å². The Kier molecular flexibility index (Phi) is 3.35. The van der Waals surface area contributed by atoms with Crippen LogP contribution in [-0.4, -0.2) is 25.3 Å². The zero-order chi connectivity index (χ0) is 12.4. The topological polar surface area (TPSA) is 63.8 Å². The molecule has 1 unspecified atom stereocenters. The van der Waals surface area contributed by atoms with Gasteiger partial charge in [0.05, 0.1) is 18.2 Å². The van der Waals surface area contributed by atoms with Crippen LogP contribution in [0.5, 0.6) is 0 Å². The van der Waals surface area contributed by atoms with Crippen LogP contribution in [0.2, 0.25) is 5.02 Å². The van der Waals surface area contributed by atoms with E-state index >= 15 is 0 Å². The van der Waals surface area contributed by atoms with Crippen LogP contribution < -0.4 is 0 Å². The summed E-state index contributed by atoms with van der Waals surface area (Å²) in [5.41, 5.74) is 0.319. The fraction of sp³-hybridized carbons (Fsp3) is 0.300. The molecule has 7 heteroatoms. The number of hydrogen-bond acceptors (Lipinski definition) is 4. The molecule has 1 aromatic heterocycles. The number of aromatic nitrogens is 4. The van der Waals surface area contributed by atoms with E-state index in [0.717, 1.165) is 0 Å². The van der Waals surface area contributed by atoms with Crippen LogP contribution >= 0.6 is 11.6 Å². The Hall–Kier alpha value is -1.53. The minimum absolute atomic E-state index is 0.0797. The van der Waals surface area contributed by atoms with E-state index in [0.29, 0.717) is 11.4 Å². The lowest BCUT2D eigenvalue weighted by Crippen LogP contribution is -2.05. The normalized spacial score (nSPS) is 12.7. The van der Waals surface area contributed by atoms with Gasteiger partial charge in [-0.1, -0.05) is 23.7 Å². The van der Waals surface area contributed by atoms with E-state index in [-0.39, 0.29) is 11.4 Å². The summed E-state index contributed by atoms with van der Waals surface area (Å²) in [4.78, 5) is 1.29. The molecule has 0 fully saturated rings. The molecule has 0 aliphatic rings. The Labute approximate surface area is 102 Å². The standard InChI is InChI=1S/C10H10ClFN4O/c1-16-14-9(13-15-16)5-8(17)6-3-2-4-7(12)10(6)11/h2-4,8,17H,5H2,1H3. The third-order valence-electron chi connectivity index (χ3n) is 2.27. The number of aliphatic hydroxyl groups excluding tert-OH is 1. The highest BCUT2D eigenvalue weighted by Gasteiger charge is 2.16. The lowest BCUT2D eigenvalue weighted by atomic mass is 10.1. The van der Waals surface area contributed by atoms with Crippen LogP contribution in [0.15, 0.2) is 18.2 Å². The summed E-state index contributed by atoms with van der Waals surface area (Å²) >= 11 is 5.76. The zero-order valence-corrected chi connectivity index (χ0v) is 9.76. The SMILES string of the molecule is Cn1nnc(CC(O)c2cccc(F)c2Cl)n1. The summed E-state index contributed by atoms with van der Waals surface area (Å²) in [7, 11) is 1.62. The first kappa shape index (κ1) is 11.9. The number of hydrogen-bond donors (Lipinski definition) is 1. The number of benzene rings is 1. The van der Waals surface area contributed by atoms with Crippen molar-refractivity contribution in [2.75, 3.05) is 0 Å². The molecule has 0 aliphatic heterocycles. The lowest BCUT2D eigenvalue weighted by Gasteiger charge is -2.10. The van der Waals surface area contributed by atoms with Crippen LogP contribution in [0.1, 0.15) is 17.5 Å². The number of nitrogens with zero attached hydrogens (tertiary/aromatic N) is 4. The average Bonchev–Trinajstić information content (AvgIpc) is 2.68. The van der Waals surface area contributed by atoms with E-state index in [2.05, 4.69) is 15.4 Å². The van der Waals surface area contributed by atoms with Gasteiger partial charge in [0.1, 0.15) is 5.82 Å². The fourth-order valence-corrected chi connectivity index (χ4v) is 1.72. The van der Waals surface area contributed by atoms with Crippen molar-refractivity contribution in [1.82, 2.24) is 20.2 Å². The molecule has 0 aliphatic carbocycles. The van der Waals surface area contributed by atoms with Gasteiger partial charge in [0.25, 0.3) is 0 Å². The molecular weight excluding hydrogens is 247 g/mol. The maximum absolute atomic E-state index is 13.2. The second-order valence-corrected chi connectivity index (χ2v) is 3.94. The number of rotatable bonds is 3. The summed E-state index contributed by atoms with van der Waals surface area (Å²) in [5.74, 6) is -0.185. The van der Waals surface area contributed by atoms with Crippen molar-refractivity contribution < 1.29 is 9.50 Å². The molecule has 0 amide bonds. The van der Waals surface area contributed by atoms with Crippen LogP contribution in [0.4, 0.5) is 4.39 Å². The molecule has 0 saturated heterocycles. The highest BCUT2D eigenvalue weighted by atomic mass is 35.5. The number of tetrazole rings is 1. The number of aliphatic hydroxyl groups is 1. The molecule has 0 radical (unpaired) electrons. The van der Waals surface area contributed by atoms with Crippen LogP contribution in [-0.2, 0) is 13.5 Å². The van der Waals surface area contributed by atoms with Crippen molar-refractivity contribution in [2.24, 2.45) is 7.05 Å². The predicted molar refractivity (Wildman–Crippen MR) is 58.9 cm³/mol. The maximum atomic E-state index is 13.2. The molecular formula is C10H10ClFN4O. The zero-order valence-electron chi connectivity index (χ0n) is 9.01. The van der Waals surface area contributed by atoms with Gasteiger partial charge < -0.3 is 5.11 Å². The first-order chi connectivity index (χ1) is 8.08. The number of aryl methyl sites for hydroxylation is 1. The van der Waals surface area contributed by atoms with Crippen molar-refractivity contribution in [3.63, 3.8) is 0 Å². The monoisotopic (exact) mass is 256 g/mol. The van der Waals surface area contributed by atoms with E-state index in [4.69, 9.17) is 11.6 Å². The molecule has 1 atom stereocenters. The number of halogens is 2. The molecule has 90 valence electrons. The van der Waals surface area contributed by atoms with Crippen LogP contribution in [0.3, 0.4) is 0 Å². The smallest absolute Gasteiger partial charge is 0.177 e. The third-order valence-corrected chi connectivity index (χ3v) is 2.66. The molecule has 0 saturated carbocycles. The summed E-state index contributed by atoms with van der Waals surface area (Å²) in [5, 5.41) is 21.1. The van der Waals surface area contributed by atoms with E-state index in [1.165, 1.54) is 16.9 Å². The van der Waals surface area contributed by atoms with Crippen molar-refractivity contribution in [3.05, 3.63) is 40.4 Å². The van der Waals surface area contributed by atoms with E-state index in [9.17, 15) is 9.50 Å². The molecule has 0 bridgehead atoms. The van der Waals surface area contributed by atoms with Crippen molar-refractivity contribution in [2.45, 2.75) is 12.5 Å². The first-order valence-electron chi connectivity index (χ1n) is 4.93. The molecule has 1 N–H and O–H groups in total. The molecule has 0 spiro atoms. The predicted octanol–water partition coefficient (Wildman–Crippen LogP) is 1.28. The molecule has 1 aromatic carbocycles. The summed E-state index contributed by atoms with van der Waals surface area (Å²) in [6.07, 6.45) is -0.820. The maximum Gasteiger partial charge on any atom is 0.177 e. The Morgan fingerprint density at radius 1 is 1.53 bits per heavy atom. The van der Waals surface area contributed by atoms with E-state index in [1.54, 1.807) is 13.1 Å². The minimum atomic E-state index is -0.956. The van der Waals surface area contributed by atoms with Gasteiger partial charge in [0, 0.05) is 12.0 Å². The van der Waals surface area contributed by atoms with Gasteiger partial charge >= 0.3 is 0 Å². The largest absolute Gasteiger partial charge is 0.388 e. The Bertz CT molecular complexity index is 531. The molecule has 2 rings (SSSR count). The Morgan fingerprint density at radius 2 is 2.29 bits per heavy atom. The fourth-order valence-electron chi connectivity index (χ4n) is 1.47. The van der Waals surface area contributed by atoms with Gasteiger partial charge in [-0.15, -0.1) is 10.2 Å². The van der Waals surface area contributed by atoms with Crippen molar-refractivity contribution in [1.29, 1.82) is 0 Å². The second-order valence-electron chi connectivity index (χ2n) is 3.56. The van der Waals surface area contributed by atoms with Crippen molar-refractivity contribution >= 4 is 11.6 Å². The second kappa shape index (κ2) is 4.77. The van der Waals surface area contributed by atoms with Crippen LogP contribution in [0, 0.1) is 5.82 Å². The molecule has 17 heavy (non-hydrogen) atoms. The Balaban J connectivity index is 2.20. The van der Waals surface area contributed by atoms with Gasteiger partial charge in [-0.3, -0.25) is 0 Å². The average molecular weight is 257 g/mol. The molecule has 2 aromatic rings. The van der Waals surface area contributed by atoms with Crippen LogP contribution in [0.25, 0.3) is 0 Å². The summed E-state index contributed by atoms with van der Waals surface area (Å²) < 4.78 is 13.2. The van der Waals surface area contributed by atoms with Gasteiger partial charge in [-0.25, -0.2) is 4.39 Å².